The van der Waals surface area contributed by atoms with E-state index in [1.165, 1.54) is 7.11 Å². The lowest BCUT2D eigenvalue weighted by Crippen LogP contribution is -2.20. The van der Waals surface area contributed by atoms with E-state index in [0.29, 0.717) is 22.0 Å². The van der Waals surface area contributed by atoms with Crippen LogP contribution in [0.1, 0.15) is 12.0 Å². The van der Waals surface area contributed by atoms with Crippen molar-refractivity contribution in [1.82, 2.24) is 0 Å². The van der Waals surface area contributed by atoms with Gasteiger partial charge in [0.2, 0.25) is 6.10 Å². The minimum absolute atomic E-state index is 0.176. The second kappa shape index (κ2) is 4.63. The number of halogens is 1. The topological polar surface area (TPSA) is 68.1 Å². The van der Waals surface area contributed by atoms with Crippen molar-refractivity contribution in [3.8, 4) is 5.75 Å². The van der Waals surface area contributed by atoms with Crippen LogP contribution in [-0.4, -0.2) is 30.0 Å². The summed E-state index contributed by atoms with van der Waals surface area (Å²) in [7, 11) is 1.51. The van der Waals surface area contributed by atoms with Gasteiger partial charge in [-0.3, -0.25) is 0 Å². The maximum absolute atomic E-state index is 10.8. The third kappa shape index (κ3) is 2.19. The van der Waals surface area contributed by atoms with Crippen LogP contribution in [0.4, 0.5) is 0 Å². The number of carbonyl (C=O) groups is 1. The van der Waals surface area contributed by atoms with Crippen LogP contribution < -0.4 is 4.74 Å². The summed E-state index contributed by atoms with van der Waals surface area (Å²) in [6, 6.07) is 5.17. The number of oxime groups is 1. The van der Waals surface area contributed by atoms with Crippen LogP contribution >= 0.6 is 11.6 Å². The number of ether oxygens (including phenoxy) is 1. The van der Waals surface area contributed by atoms with Crippen molar-refractivity contribution in [3.63, 3.8) is 0 Å². The zero-order valence-electron chi connectivity index (χ0n) is 9.01. The second-order valence-electron chi connectivity index (χ2n) is 3.49. The van der Waals surface area contributed by atoms with Gasteiger partial charge >= 0.3 is 5.97 Å². The van der Waals surface area contributed by atoms with Gasteiger partial charge in [0, 0.05) is 6.42 Å². The first-order valence-corrected chi connectivity index (χ1v) is 5.29. The molecule has 0 saturated heterocycles. The molecule has 0 saturated carbocycles. The molecule has 1 aliphatic rings. The maximum Gasteiger partial charge on any atom is 0.348 e. The van der Waals surface area contributed by atoms with Gasteiger partial charge in [0.1, 0.15) is 5.75 Å². The molecule has 1 atom stereocenters. The molecule has 1 aromatic rings. The summed E-state index contributed by atoms with van der Waals surface area (Å²) in [6.07, 6.45) is -0.777. The third-order valence-electron chi connectivity index (χ3n) is 2.43. The molecule has 0 aromatic heterocycles. The number of hydrogen-bond donors (Lipinski definition) is 1. The highest BCUT2D eigenvalue weighted by molar-refractivity contribution is 6.34. The van der Waals surface area contributed by atoms with E-state index >= 15 is 0 Å². The first-order valence-electron chi connectivity index (χ1n) is 4.92. The second-order valence-corrected chi connectivity index (χ2v) is 3.90. The third-order valence-corrected chi connectivity index (χ3v) is 2.74. The molecule has 1 unspecified atom stereocenters. The first kappa shape index (κ1) is 11.7. The van der Waals surface area contributed by atoms with Crippen molar-refractivity contribution >= 4 is 23.3 Å². The summed E-state index contributed by atoms with van der Waals surface area (Å²) in [6.45, 7) is 0. The fourth-order valence-corrected chi connectivity index (χ4v) is 1.89. The summed E-state index contributed by atoms with van der Waals surface area (Å²) < 4.78 is 5.17. The van der Waals surface area contributed by atoms with E-state index in [4.69, 9.17) is 26.3 Å². The summed E-state index contributed by atoms with van der Waals surface area (Å²) >= 11 is 6.05. The van der Waals surface area contributed by atoms with Crippen molar-refractivity contribution in [2.75, 3.05) is 7.11 Å². The van der Waals surface area contributed by atoms with E-state index in [9.17, 15) is 4.79 Å². The van der Waals surface area contributed by atoms with Crippen molar-refractivity contribution in [2.45, 2.75) is 12.5 Å². The van der Waals surface area contributed by atoms with E-state index in [0.717, 1.165) is 0 Å². The Balaban J connectivity index is 2.33. The normalized spacial score (nSPS) is 18.5. The minimum Gasteiger partial charge on any atom is -0.496 e. The molecule has 6 heteroatoms. The highest BCUT2D eigenvalue weighted by atomic mass is 35.5. The number of nitrogens with zero attached hydrogens (tertiary/aromatic N) is 1. The lowest BCUT2D eigenvalue weighted by Gasteiger charge is -2.08. The molecule has 2 rings (SSSR count). The van der Waals surface area contributed by atoms with Crippen molar-refractivity contribution < 1.29 is 19.5 Å². The predicted octanol–water partition coefficient (Wildman–Crippen LogP) is 1.93. The molecule has 1 aromatic carbocycles. The molecule has 0 radical (unpaired) electrons. The van der Waals surface area contributed by atoms with E-state index in [1.54, 1.807) is 18.2 Å². The molecule has 17 heavy (non-hydrogen) atoms. The van der Waals surface area contributed by atoms with Crippen LogP contribution in [0.25, 0.3) is 0 Å². The molecule has 0 amide bonds. The fourth-order valence-electron chi connectivity index (χ4n) is 1.61. The van der Waals surface area contributed by atoms with Crippen molar-refractivity contribution in [2.24, 2.45) is 5.16 Å². The number of methoxy groups -OCH3 is 1. The summed E-state index contributed by atoms with van der Waals surface area (Å²) in [5.41, 5.74) is 1.07. The van der Waals surface area contributed by atoms with Crippen molar-refractivity contribution in [3.05, 3.63) is 28.8 Å². The standard InChI is InChI=1S/C11H10ClNO4/c1-16-8-4-2-3-6(12)10(8)7-5-9(11(14)15)17-13-7/h2-4,9H,5H2,1H3,(H,14,15). The lowest BCUT2D eigenvalue weighted by atomic mass is 10.0. The van der Waals surface area contributed by atoms with Gasteiger partial charge < -0.3 is 14.7 Å². The van der Waals surface area contributed by atoms with Crippen molar-refractivity contribution in [1.29, 1.82) is 0 Å². The van der Waals surface area contributed by atoms with Gasteiger partial charge in [-0.1, -0.05) is 22.8 Å². The Morgan fingerprint density at radius 2 is 2.41 bits per heavy atom. The Bertz CT molecular complexity index is 486. The average molecular weight is 256 g/mol. The zero-order valence-corrected chi connectivity index (χ0v) is 9.77. The SMILES string of the molecule is COc1cccc(Cl)c1C1=NOC(C(=O)O)C1. The lowest BCUT2D eigenvalue weighted by molar-refractivity contribution is -0.148. The number of rotatable bonds is 3. The molecule has 0 spiro atoms. The first-order chi connectivity index (χ1) is 8.13. The Labute approximate surface area is 103 Å². The van der Waals surface area contributed by atoms with E-state index in [2.05, 4.69) is 5.16 Å². The highest BCUT2D eigenvalue weighted by Crippen LogP contribution is 2.30. The molecule has 1 aliphatic heterocycles. The van der Waals surface area contributed by atoms with E-state index < -0.39 is 12.1 Å². The number of benzene rings is 1. The smallest absolute Gasteiger partial charge is 0.348 e. The molecule has 5 nitrogen and oxygen atoms in total. The van der Waals surface area contributed by atoms with Gasteiger partial charge in [0.15, 0.2) is 0 Å². The molecule has 1 heterocycles. The van der Waals surface area contributed by atoms with Gasteiger partial charge in [-0.2, -0.15) is 0 Å². The summed E-state index contributed by atoms with van der Waals surface area (Å²) in [4.78, 5) is 15.6. The molecule has 1 N–H and O–H groups in total. The average Bonchev–Trinajstić information content (AvgIpc) is 2.77. The monoisotopic (exact) mass is 255 g/mol. The molecular formula is C11H10ClNO4. The van der Waals surface area contributed by atoms with Crippen LogP contribution in [0.3, 0.4) is 0 Å². The van der Waals surface area contributed by atoms with Gasteiger partial charge in [-0.15, -0.1) is 0 Å². The van der Waals surface area contributed by atoms with E-state index in [1.807, 2.05) is 0 Å². The minimum atomic E-state index is -1.05. The predicted molar refractivity (Wildman–Crippen MR) is 61.7 cm³/mol. The zero-order chi connectivity index (χ0) is 12.4. The Kier molecular flexibility index (Phi) is 3.19. The Hall–Kier alpha value is -1.75. The fraction of sp³-hybridized carbons (Fsp3) is 0.273. The number of carboxylic acids is 1. The highest BCUT2D eigenvalue weighted by Gasteiger charge is 2.30. The van der Waals surface area contributed by atoms with Gasteiger partial charge in [-0.25, -0.2) is 4.79 Å². The van der Waals surface area contributed by atoms with Crippen LogP contribution in [-0.2, 0) is 9.63 Å². The van der Waals surface area contributed by atoms with Crippen LogP contribution in [0, 0.1) is 0 Å². The Morgan fingerprint density at radius 1 is 1.65 bits per heavy atom. The summed E-state index contributed by atoms with van der Waals surface area (Å²) in [5.74, 6) is -0.499. The van der Waals surface area contributed by atoms with Gasteiger partial charge in [0.25, 0.3) is 0 Å². The number of hydrogen-bond acceptors (Lipinski definition) is 4. The Morgan fingerprint density at radius 3 is 3.00 bits per heavy atom. The molecular weight excluding hydrogens is 246 g/mol. The van der Waals surface area contributed by atoms with Crippen LogP contribution in [0.2, 0.25) is 5.02 Å². The van der Waals surface area contributed by atoms with Crippen LogP contribution in [0.5, 0.6) is 5.75 Å². The van der Waals surface area contributed by atoms with Gasteiger partial charge in [0.05, 0.1) is 23.4 Å². The summed E-state index contributed by atoms with van der Waals surface area (Å²) in [5, 5.41) is 13.0. The largest absolute Gasteiger partial charge is 0.496 e. The van der Waals surface area contributed by atoms with Crippen LogP contribution in [0.15, 0.2) is 23.4 Å². The quantitative estimate of drug-likeness (QED) is 0.896. The molecule has 0 bridgehead atoms. The molecule has 90 valence electrons. The van der Waals surface area contributed by atoms with Gasteiger partial charge in [-0.05, 0) is 12.1 Å². The number of aliphatic carboxylic acids is 1. The number of carboxylic acid groups (broad SMARTS) is 1. The molecule has 0 aliphatic carbocycles. The molecule has 0 fully saturated rings. The van der Waals surface area contributed by atoms with E-state index in [-0.39, 0.29) is 6.42 Å². The maximum atomic E-state index is 10.8.